The summed E-state index contributed by atoms with van der Waals surface area (Å²) >= 11 is 1.55. The molecule has 7 heteroatoms. The fourth-order valence-corrected chi connectivity index (χ4v) is 5.55. The van der Waals surface area contributed by atoms with Crippen LogP contribution >= 0.6 is 11.8 Å². The van der Waals surface area contributed by atoms with E-state index in [1.54, 1.807) is 20.4 Å². The summed E-state index contributed by atoms with van der Waals surface area (Å²) in [6.07, 6.45) is 6.17. The monoisotopic (exact) mass is 317 g/mol. The van der Waals surface area contributed by atoms with Crippen LogP contribution in [0, 0.1) is 11.3 Å². The Bertz CT molecular complexity index is 478. The fraction of sp³-hybridized carbons (Fsp3) is 0.923. The van der Waals surface area contributed by atoms with Crippen molar-refractivity contribution in [1.82, 2.24) is 8.61 Å². The van der Waals surface area contributed by atoms with Gasteiger partial charge in [-0.25, -0.2) is 0 Å². The molecule has 2 heterocycles. The summed E-state index contributed by atoms with van der Waals surface area (Å²) in [7, 11) is -3.35. The normalized spacial score (nSPS) is 28.9. The summed E-state index contributed by atoms with van der Waals surface area (Å²) in [4.78, 5) is 0. The molecule has 0 radical (unpaired) electrons. The number of hydrogen-bond donors (Lipinski definition) is 0. The zero-order chi connectivity index (χ0) is 14.8. The lowest BCUT2D eigenvalue weighted by atomic mass is 9.99. The highest BCUT2D eigenvalue weighted by atomic mass is 32.2. The first-order valence-electron chi connectivity index (χ1n) is 7.18. The van der Waals surface area contributed by atoms with E-state index in [1.807, 2.05) is 13.2 Å². The molecule has 0 N–H and O–H groups in total. The van der Waals surface area contributed by atoms with E-state index in [-0.39, 0.29) is 6.04 Å². The summed E-state index contributed by atoms with van der Waals surface area (Å²) < 4.78 is 28.2. The van der Waals surface area contributed by atoms with Crippen LogP contribution in [0.25, 0.3) is 0 Å². The van der Waals surface area contributed by atoms with Crippen molar-refractivity contribution in [3.63, 3.8) is 0 Å². The second-order valence-corrected chi connectivity index (χ2v) is 8.74. The van der Waals surface area contributed by atoms with E-state index in [9.17, 15) is 13.7 Å². The van der Waals surface area contributed by atoms with Gasteiger partial charge in [0.25, 0.3) is 10.2 Å². The SMILES string of the molecule is CSC1(C#N)CCN(S(=O)(=O)N2CCCCC2C)CC1. The zero-order valence-electron chi connectivity index (χ0n) is 12.2. The van der Waals surface area contributed by atoms with Gasteiger partial charge in [0.15, 0.2) is 0 Å². The topological polar surface area (TPSA) is 64.4 Å². The van der Waals surface area contributed by atoms with Gasteiger partial charge in [0.05, 0.1) is 6.07 Å². The zero-order valence-corrected chi connectivity index (χ0v) is 13.8. The highest BCUT2D eigenvalue weighted by Gasteiger charge is 2.41. The smallest absolute Gasteiger partial charge is 0.197 e. The number of hydrogen-bond acceptors (Lipinski definition) is 4. The van der Waals surface area contributed by atoms with Crippen LogP contribution in [0.4, 0.5) is 0 Å². The van der Waals surface area contributed by atoms with Crippen LogP contribution in [-0.4, -0.2) is 53.7 Å². The van der Waals surface area contributed by atoms with Crippen molar-refractivity contribution in [3.8, 4) is 6.07 Å². The van der Waals surface area contributed by atoms with Crippen LogP contribution in [0.2, 0.25) is 0 Å². The maximum Gasteiger partial charge on any atom is 0.282 e. The average Bonchev–Trinajstić information content (AvgIpc) is 2.47. The van der Waals surface area contributed by atoms with E-state index < -0.39 is 15.0 Å². The summed E-state index contributed by atoms with van der Waals surface area (Å²) in [5.74, 6) is 0. The molecule has 2 aliphatic heterocycles. The number of rotatable bonds is 3. The van der Waals surface area contributed by atoms with Gasteiger partial charge in [-0.2, -0.15) is 22.3 Å². The number of thioether (sulfide) groups is 1. The molecule has 0 aromatic carbocycles. The summed E-state index contributed by atoms with van der Waals surface area (Å²) in [5.41, 5.74) is 0. The molecule has 2 fully saturated rings. The fourth-order valence-electron chi connectivity index (χ4n) is 3.00. The first-order valence-corrected chi connectivity index (χ1v) is 9.81. The Balaban J connectivity index is 2.07. The van der Waals surface area contributed by atoms with Gasteiger partial charge < -0.3 is 0 Å². The summed E-state index contributed by atoms with van der Waals surface area (Å²) in [5, 5.41) is 9.27. The lowest BCUT2D eigenvalue weighted by Gasteiger charge is -2.40. The molecule has 5 nitrogen and oxygen atoms in total. The van der Waals surface area contributed by atoms with Gasteiger partial charge in [-0.1, -0.05) is 6.42 Å². The van der Waals surface area contributed by atoms with Crippen LogP contribution in [-0.2, 0) is 10.2 Å². The molecule has 0 aromatic rings. The van der Waals surface area contributed by atoms with Crippen LogP contribution in [0.1, 0.15) is 39.0 Å². The minimum absolute atomic E-state index is 0.0944. The molecular weight excluding hydrogens is 294 g/mol. The molecule has 2 aliphatic rings. The quantitative estimate of drug-likeness (QED) is 0.796. The van der Waals surface area contributed by atoms with E-state index in [2.05, 4.69) is 6.07 Å². The lowest BCUT2D eigenvalue weighted by Crippen LogP contribution is -2.53. The Morgan fingerprint density at radius 1 is 1.25 bits per heavy atom. The molecule has 0 spiro atoms. The molecule has 0 saturated carbocycles. The van der Waals surface area contributed by atoms with Gasteiger partial charge in [-0.15, -0.1) is 11.8 Å². The van der Waals surface area contributed by atoms with Crippen molar-refractivity contribution < 1.29 is 8.42 Å². The Hall–Kier alpha value is -0.290. The third kappa shape index (κ3) is 2.98. The van der Waals surface area contributed by atoms with Crippen molar-refractivity contribution in [2.45, 2.75) is 49.8 Å². The van der Waals surface area contributed by atoms with E-state index in [1.165, 1.54) is 0 Å². The first-order chi connectivity index (χ1) is 9.45. The third-order valence-electron chi connectivity index (χ3n) is 4.49. The maximum atomic E-state index is 12.7. The third-order valence-corrected chi connectivity index (χ3v) is 7.92. The van der Waals surface area contributed by atoms with Crippen LogP contribution in [0.5, 0.6) is 0 Å². The molecule has 20 heavy (non-hydrogen) atoms. The number of nitriles is 1. The van der Waals surface area contributed by atoms with E-state index >= 15 is 0 Å². The van der Waals surface area contributed by atoms with E-state index in [0.29, 0.717) is 32.5 Å². The Kier molecular flexibility index (Phi) is 5.00. The minimum Gasteiger partial charge on any atom is -0.197 e. The number of nitrogens with zero attached hydrogens (tertiary/aromatic N) is 3. The van der Waals surface area contributed by atoms with Crippen molar-refractivity contribution in [2.75, 3.05) is 25.9 Å². The van der Waals surface area contributed by atoms with Crippen molar-refractivity contribution in [3.05, 3.63) is 0 Å². The standard InChI is InChI=1S/C13H23N3O2S2/c1-12-5-3-4-8-16(12)20(17,18)15-9-6-13(11-14,19-2)7-10-15/h12H,3-10H2,1-2H3. The summed E-state index contributed by atoms with van der Waals surface area (Å²) in [6, 6.07) is 2.45. The average molecular weight is 317 g/mol. The van der Waals surface area contributed by atoms with Crippen molar-refractivity contribution in [1.29, 1.82) is 5.26 Å². The highest BCUT2D eigenvalue weighted by molar-refractivity contribution is 8.00. The molecule has 0 aromatic heterocycles. The summed E-state index contributed by atoms with van der Waals surface area (Å²) in [6.45, 7) is 3.54. The largest absolute Gasteiger partial charge is 0.282 e. The Labute approximate surface area is 126 Å². The van der Waals surface area contributed by atoms with Gasteiger partial charge in [0, 0.05) is 25.7 Å². The molecule has 114 valence electrons. The number of piperidine rings is 2. The van der Waals surface area contributed by atoms with Gasteiger partial charge >= 0.3 is 0 Å². The predicted molar refractivity (Wildman–Crippen MR) is 81.6 cm³/mol. The van der Waals surface area contributed by atoms with Gasteiger partial charge in [0.1, 0.15) is 4.75 Å². The second kappa shape index (κ2) is 6.22. The minimum atomic E-state index is -3.35. The van der Waals surface area contributed by atoms with Crippen LogP contribution < -0.4 is 0 Å². The second-order valence-electron chi connectivity index (χ2n) is 5.67. The highest BCUT2D eigenvalue weighted by Crippen LogP contribution is 2.35. The molecule has 1 atom stereocenters. The maximum absolute atomic E-state index is 12.7. The van der Waals surface area contributed by atoms with Gasteiger partial charge in [-0.05, 0) is 38.9 Å². The van der Waals surface area contributed by atoms with E-state index in [4.69, 9.17) is 0 Å². The van der Waals surface area contributed by atoms with Crippen LogP contribution in [0.15, 0.2) is 0 Å². The molecule has 2 saturated heterocycles. The Morgan fingerprint density at radius 2 is 1.90 bits per heavy atom. The molecule has 0 amide bonds. The predicted octanol–water partition coefficient (Wildman–Crippen LogP) is 1.83. The van der Waals surface area contributed by atoms with Gasteiger partial charge in [-0.3, -0.25) is 0 Å². The first kappa shape index (κ1) is 16.1. The molecule has 1 unspecified atom stereocenters. The van der Waals surface area contributed by atoms with Crippen molar-refractivity contribution >= 4 is 22.0 Å². The molecular formula is C13H23N3O2S2. The van der Waals surface area contributed by atoms with Crippen LogP contribution in [0.3, 0.4) is 0 Å². The van der Waals surface area contributed by atoms with E-state index in [0.717, 1.165) is 19.3 Å². The van der Waals surface area contributed by atoms with Crippen molar-refractivity contribution in [2.24, 2.45) is 0 Å². The van der Waals surface area contributed by atoms with Gasteiger partial charge in [0.2, 0.25) is 0 Å². The lowest BCUT2D eigenvalue weighted by molar-refractivity contribution is 0.232. The Morgan fingerprint density at radius 3 is 2.40 bits per heavy atom. The molecule has 0 bridgehead atoms. The molecule has 2 rings (SSSR count). The molecule has 0 aliphatic carbocycles.